The van der Waals surface area contributed by atoms with Crippen molar-refractivity contribution in [2.24, 2.45) is 5.41 Å². The summed E-state index contributed by atoms with van der Waals surface area (Å²) < 4.78 is 16.5. The van der Waals surface area contributed by atoms with Crippen LogP contribution in [0.2, 0.25) is 0 Å². The van der Waals surface area contributed by atoms with Crippen LogP contribution in [-0.2, 0) is 25.6 Å². The number of ether oxygens (including phenoxy) is 3. The second-order valence-electron chi connectivity index (χ2n) is 6.42. The standard InChI is InChI=1S/C18H26O4/c1-18(2)15(21-13-14-8-5-4-6-9-14)12-16(18)22-17(19)10-7-11-20-3/h4-6,8-9,15-16H,7,10-13H2,1-3H3/t15-,16-/m1/s1. The maximum Gasteiger partial charge on any atom is 0.306 e. The molecule has 0 bridgehead atoms. The summed E-state index contributed by atoms with van der Waals surface area (Å²) in [4.78, 5) is 11.8. The predicted molar refractivity (Wildman–Crippen MR) is 84.4 cm³/mol. The highest BCUT2D eigenvalue weighted by atomic mass is 16.6. The van der Waals surface area contributed by atoms with Gasteiger partial charge in [0.2, 0.25) is 0 Å². The number of rotatable bonds is 8. The summed E-state index contributed by atoms with van der Waals surface area (Å²) in [5.74, 6) is -0.142. The third-order valence-electron chi connectivity index (χ3n) is 4.38. The molecule has 22 heavy (non-hydrogen) atoms. The molecule has 1 aliphatic rings. The fourth-order valence-electron chi connectivity index (χ4n) is 2.68. The van der Waals surface area contributed by atoms with Gasteiger partial charge in [0.05, 0.1) is 12.7 Å². The van der Waals surface area contributed by atoms with Crippen molar-refractivity contribution in [3.8, 4) is 0 Å². The molecule has 0 amide bonds. The molecule has 0 spiro atoms. The molecule has 4 nitrogen and oxygen atoms in total. The smallest absolute Gasteiger partial charge is 0.306 e. The molecule has 0 N–H and O–H groups in total. The van der Waals surface area contributed by atoms with Crippen LogP contribution in [0.5, 0.6) is 0 Å². The van der Waals surface area contributed by atoms with Gasteiger partial charge in [0.15, 0.2) is 0 Å². The lowest BCUT2D eigenvalue weighted by molar-refractivity contribution is -0.206. The molecular formula is C18H26O4. The lowest BCUT2D eigenvalue weighted by Gasteiger charge is -2.50. The van der Waals surface area contributed by atoms with Crippen LogP contribution in [-0.4, -0.2) is 31.9 Å². The maximum atomic E-state index is 11.8. The Kier molecular flexibility index (Phi) is 5.98. The van der Waals surface area contributed by atoms with E-state index < -0.39 is 0 Å². The highest BCUT2D eigenvalue weighted by Crippen LogP contribution is 2.45. The summed E-state index contributed by atoms with van der Waals surface area (Å²) in [7, 11) is 1.63. The van der Waals surface area contributed by atoms with Crippen molar-refractivity contribution in [2.75, 3.05) is 13.7 Å². The Balaban J connectivity index is 1.73. The molecule has 1 aliphatic carbocycles. The Bertz CT molecular complexity index is 469. The predicted octanol–water partition coefficient (Wildman–Crippen LogP) is 3.34. The van der Waals surface area contributed by atoms with E-state index >= 15 is 0 Å². The van der Waals surface area contributed by atoms with Crippen LogP contribution < -0.4 is 0 Å². The van der Waals surface area contributed by atoms with Crippen LogP contribution in [0.3, 0.4) is 0 Å². The summed E-state index contributed by atoms with van der Waals surface area (Å²) in [6.45, 7) is 5.38. The van der Waals surface area contributed by atoms with Gasteiger partial charge in [-0.15, -0.1) is 0 Å². The van der Waals surface area contributed by atoms with E-state index in [9.17, 15) is 4.79 Å². The highest BCUT2D eigenvalue weighted by Gasteiger charge is 2.51. The number of carbonyl (C=O) groups is 1. The van der Waals surface area contributed by atoms with E-state index in [1.807, 2.05) is 18.2 Å². The van der Waals surface area contributed by atoms with Gasteiger partial charge >= 0.3 is 5.97 Å². The molecule has 2 rings (SSSR count). The lowest BCUT2D eigenvalue weighted by atomic mass is 9.66. The van der Waals surface area contributed by atoms with E-state index in [-0.39, 0.29) is 23.6 Å². The van der Waals surface area contributed by atoms with Gasteiger partial charge < -0.3 is 14.2 Å². The van der Waals surface area contributed by atoms with Gasteiger partial charge in [0.1, 0.15) is 6.10 Å². The van der Waals surface area contributed by atoms with Crippen molar-refractivity contribution < 1.29 is 19.0 Å². The zero-order valence-electron chi connectivity index (χ0n) is 13.7. The second kappa shape index (κ2) is 7.75. The van der Waals surface area contributed by atoms with Gasteiger partial charge in [-0.2, -0.15) is 0 Å². The van der Waals surface area contributed by atoms with E-state index in [4.69, 9.17) is 14.2 Å². The molecule has 4 heteroatoms. The van der Waals surface area contributed by atoms with Crippen LogP contribution in [0.4, 0.5) is 0 Å². The van der Waals surface area contributed by atoms with E-state index in [1.54, 1.807) is 7.11 Å². The van der Waals surface area contributed by atoms with E-state index in [0.29, 0.717) is 26.1 Å². The first-order valence-corrected chi connectivity index (χ1v) is 7.88. The molecule has 1 saturated carbocycles. The molecular weight excluding hydrogens is 280 g/mol. The molecule has 2 atom stereocenters. The Labute approximate surface area is 132 Å². The number of benzene rings is 1. The molecule has 0 unspecified atom stereocenters. The van der Waals surface area contributed by atoms with Crippen molar-refractivity contribution in [3.05, 3.63) is 35.9 Å². The topological polar surface area (TPSA) is 44.8 Å². The molecule has 0 radical (unpaired) electrons. The second-order valence-corrected chi connectivity index (χ2v) is 6.42. The zero-order valence-corrected chi connectivity index (χ0v) is 13.7. The van der Waals surface area contributed by atoms with E-state index in [2.05, 4.69) is 26.0 Å². The van der Waals surface area contributed by atoms with Crippen molar-refractivity contribution >= 4 is 5.97 Å². The fourth-order valence-corrected chi connectivity index (χ4v) is 2.68. The molecule has 1 aromatic carbocycles. The Morgan fingerprint density at radius 3 is 2.59 bits per heavy atom. The first-order valence-electron chi connectivity index (χ1n) is 7.88. The van der Waals surface area contributed by atoms with Crippen molar-refractivity contribution in [2.45, 2.75) is 51.9 Å². The molecule has 0 aliphatic heterocycles. The largest absolute Gasteiger partial charge is 0.462 e. The maximum absolute atomic E-state index is 11.8. The Morgan fingerprint density at radius 1 is 1.23 bits per heavy atom. The first-order chi connectivity index (χ1) is 10.5. The van der Waals surface area contributed by atoms with E-state index in [1.165, 1.54) is 5.56 Å². The van der Waals surface area contributed by atoms with Crippen LogP contribution in [0, 0.1) is 5.41 Å². The molecule has 122 valence electrons. The quantitative estimate of drug-likeness (QED) is 0.546. The third-order valence-corrected chi connectivity index (χ3v) is 4.38. The number of hydrogen-bond acceptors (Lipinski definition) is 4. The minimum atomic E-state index is -0.142. The van der Waals surface area contributed by atoms with Crippen LogP contribution >= 0.6 is 0 Å². The molecule has 1 aromatic rings. The monoisotopic (exact) mass is 306 g/mol. The summed E-state index contributed by atoms with van der Waals surface area (Å²) in [5.41, 5.74) is 1.03. The molecule has 0 saturated heterocycles. The lowest BCUT2D eigenvalue weighted by Crippen LogP contribution is -2.56. The van der Waals surface area contributed by atoms with Gasteiger partial charge in [-0.05, 0) is 12.0 Å². The number of hydrogen-bond donors (Lipinski definition) is 0. The van der Waals surface area contributed by atoms with Crippen molar-refractivity contribution in [3.63, 3.8) is 0 Å². The number of carbonyl (C=O) groups excluding carboxylic acids is 1. The summed E-state index contributed by atoms with van der Waals surface area (Å²) >= 11 is 0. The number of esters is 1. The average Bonchev–Trinajstić information content (AvgIpc) is 2.51. The molecule has 0 heterocycles. The SMILES string of the molecule is COCCCC(=O)O[C@@H]1C[C@@H](OCc2ccccc2)C1(C)C. The van der Waals surface area contributed by atoms with Crippen molar-refractivity contribution in [1.82, 2.24) is 0 Å². The third kappa shape index (κ3) is 4.31. The van der Waals surface area contributed by atoms with Crippen LogP contribution in [0.25, 0.3) is 0 Å². The van der Waals surface area contributed by atoms with Gasteiger partial charge in [-0.3, -0.25) is 4.79 Å². The normalized spacial score (nSPS) is 22.9. The van der Waals surface area contributed by atoms with Gasteiger partial charge in [0, 0.05) is 32.0 Å². The van der Waals surface area contributed by atoms with Gasteiger partial charge in [0.25, 0.3) is 0 Å². The highest BCUT2D eigenvalue weighted by molar-refractivity contribution is 5.69. The summed E-state index contributed by atoms with van der Waals surface area (Å²) in [5, 5.41) is 0. The Morgan fingerprint density at radius 2 is 1.95 bits per heavy atom. The minimum absolute atomic E-state index is 0.0525. The fraction of sp³-hybridized carbons (Fsp3) is 0.611. The zero-order chi connectivity index (χ0) is 16.0. The summed E-state index contributed by atoms with van der Waals surface area (Å²) in [6.07, 6.45) is 1.97. The van der Waals surface area contributed by atoms with Crippen LogP contribution in [0.15, 0.2) is 30.3 Å². The molecule has 0 aromatic heterocycles. The average molecular weight is 306 g/mol. The Hall–Kier alpha value is -1.39. The van der Waals surface area contributed by atoms with Gasteiger partial charge in [-0.25, -0.2) is 0 Å². The summed E-state index contributed by atoms with van der Waals surface area (Å²) in [6, 6.07) is 10.1. The van der Waals surface area contributed by atoms with E-state index in [0.717, 1.165) is 6.42 Å². The minimum Gasteiger partial charge on any atom is -0.462 e. The van der Waals surface area contributed by atoms with Crippen LogP contribution in [0.1, 0.15) is 38.7 Å². The molecule has 1 fully saturated rings. The van der Waals surface area contributed by atoms with Crippen molar-refractivity contribution in [1.29, 1.82) is 0 Å². The number of methoxy groups -OCH3 is 1. The first kappa shape index (κ1) is 17.0. The van der Waals surface area contributed by atoms with Gasteiger partial charge in [-0.1, -0.05) is 44.2 Å².